The number of hydrogen-bond donors (Lipinski definition) is 3. The summed E-state index contributed by atoms with van der Waals surface area (Å²) in [7, 11) is 0. The molecule has 0 aliphatic carbocycles. The van der Waals surface area contributed by atoms with Crippen LogP contribution >= 0.6 is 12.2 Å². The molecule has 0 amide bonds. The lowest BCUT2D eigenvalue weighted by atomic mass is 9.90. The highest BCUT2D eigenvalue weighted by Gasteiger charge is 2.14. The van der Waals surface area contributed by atoms with Crippen molar-refractivity contribution < 1.29 is 0 Å². The maximum absolute atomic E-state index is 5.09. The molecule has 0 bridgehead atoms. The van der Waals surface area contributed by atoms with Crippen LogP contribution in [0.25, 0.3) is 0 Å². The average molecular weight is 175 g/mol. The largest absolute Gasteiger partial charge is 0.361 e. The molecule has 0 unspecified atom stereocenters. The average Bonchev–Trinajstić information content (AvgIpc) is 2.00. The summed E-state index contributed by atoms with van der Waals surface area (Å²) < 4.78 is 0. The summed E-state index contributed by atoms with van der Waals surface area (Å²) in [6.07, 6.45) is 1.12. The molecule has 0 aliphatic rings. The minimum Gasteiger partial charge on any atom is -0.361 e. The van der Waals surface area contributed by atoms with Gasteiger partial charge in [-0.1, -0.05) is 20.8 Å². The molecule has 0 radical (unpaired) electrons. The van der Waals surface area contributed by atoms with Crippen molar-refractivity contribution >= 4 is 17.3 Å². The first kappa shape index (κ1) is 10.7. The third-order valence-electron chi connectivity index (χ3n) is 1.82. The number of nitrogens with two attached hydrogens (primary N) is 1. The van der Waals surface area contributed by atoms with Crippen molar-refractivity contribution in [2.75, 3.05) is 6.54 Å². The zero-order chi connectivity index (χ0) is 8.91. The van der Waals surface area contributed by atoms with Gasteiger partial charge < -0.3 is 10.7 Å². The van der Waals surface area contributed by atoms with Gasteiger partial charge in [0.25, 0.3) is 0 Å². The van der Waals surface area contributed by atoms with Crippen molar-refractivity contribution in [3.8, 4) is 0 Å². The monoisotopic (exact) mass is 175 g/mol. The van der Waals surface area contributed by atoms with Gasteiger partial charge in [-0.3, -0.25) is 0 Å². The third kappa shape index (κ3) is 4.98. The second-order valence-electron chi connectivity index (χ2n) is 3.34. The van der Waals surface area contributed by atoms with Crippen LogP contribution in [0.3, 0.4) is 0 Å². The topological polar surface area (TPSA) is 50.1 Å². The van der Waals surface area contributed by atoms with Crippen molar-refractivity contribution in [1.82, 2.24) is 10.7 Å². The predicted molar refractivity (Wildman–Crippen MR) is 52.0 cm³/mol. The van der Waals surface area contributed by atoms with Crippen LogP contribution in [-0.2, 0) is 0 Å². The van der Waals surface area contributed by atoms with E-state index in [2.05, 4.69) is 31.5 Å². The molecule has 0 aromatic carbocycles. The maximum atomic E-state index is 5.09. The summed E-state index contributed by atoms with van der Waals surface area (Å²) in [6.45, 7) is 7.37. The Bertz CT molecular complexity index is 134. The highest BCUT2D eigenvalue weighted by Crippen LogP contribution is 2.17. The van der Waals surface area contributed by atoms with E-state index in [1.54, 1.807) is 0 Å². The summed E-state index contributed by atoms with van der Waals surface area (Å²) in [5.74, 6) is 5.09. The van der Waals surface area contributed by atoms with Crippen LogP contribution in [0.2, 0.25) is 0 Å². The smallest absolute Gasteiger partial charge is 0.180 e. The van der Waals surface area contributed by atoms with Crippen LogP contribution in [0.1, 0.15) is 27.2 Å². The van der Waals surface area contributed by atoms with Crippen molar-refractivity contribution in [3.05, 3.63) is 0 Å². The third-order valence-corrected chi connectivity index (χ3v) is 2.08. The van der Waals surface area contributed by atoms with E-state index < -0.39 is 0 Å². The molecule has 0 rings (SSSR count). The molecule has 4 N–H and O–H groups in total. The molecule has 0 saturated carbocycles. The van der Waals surface area contributed by atoms with Crippen molar-refractivity contribution in [3.63, 3.8) is 0 Å². The molecule has 11 heavy (non-hydrogen) atoms. The van der Waals surface area contributed by atoms with Gasteiger partial charge in [0.2, 0.25) is 0 Å². The van der Waals surface area contributed by atoms with Gasteiger partial charge in [0.05, 0.1) is 0 Å². The van der Waals surface area contributed by atoms with Crippen molar-refractivity contribution in [2.45, 2.75) is 27.2 Å². The Morgan fingerprint density at radius 1 is 1.55 bits per heavy atom. The van der Waals surface area contributed by atoms with Crippen LogP contribution in [0.15, 0.2) is 0 Å². The number of nitrogens with one attached hydrogen (secondary N) is 2. The minimum atomic E-state index is 0.279. The number of hydrazine groups is 1. The van der Waals surface area contributed by atoms with Crippen LogP contribution in [0, 0.1) is 5.41 Å². The van der Waals surface area contributed by atoms with E-state index in [9.17, 15) is 0 Å². The predicted octanol–water partition coefficient (Wildman–Crippen LogP) is 0.760. The lowest BCUT2D eigenvalue weighted by Crippen LogP contribution is -2.43. The van der Waals surface area contributed by atoms with Gasteiger partial charge in [-0.15, -0.1) is 0 Å². The Kier molecular flexibility index (Phi) is 4.37. The Morgan fingerprint density at radius 3 is 2.45 bits per heavy atom. The van der Waals surface area contributed by atoms with Gasteiger partial charge in [-0.25, -0.2) is 5.84 Å². The summed E-state index contributed by atoms with van der Waals surface area (Å²) in [5, 5.41) is 3.52. The number of hydrogen-bond acceptors (Lipinski definition) is 2. The summed E-state index contributed by atoms with van der Waals surface area (Å²) in [6, 6.07) is 0. The van der Waals surface area contributed by atoms with Crippen LogP contribution in [0.4, 0.5) is 0 Å². The van der Waals surface area contributed by atoms with E-state index in [1.165, 1.54) is 0 Å². The van der Waals surface area contributed by atoms with Gasteiger partial charge in [-0.2, -0.15) is 0 Å². The fourth-order valence-electron chi connectivity index (χ4n) is 0.496. The quantitative estimate of drug-likeness (QED) is 0.337. The molecule has 66 valence electrons. The maximum Gasteiger partial charge on any atom is 0.180 e. The van der Waals surface area contributed by atoms with Gasteiger partial charge >= 0.3 is 0 Å². The summed E-state index contributed by atoms with van der Waals surface area (Å²) >= 11 is 4.82. The Labute approximate surface area is 73.7 Å². The summed E-state index contributed by atoms with van der Waals surface area (Å²) in [4.78, 5) is 0. The normalized spacial score (nSPS) is 10.9. The molecule has 0 spiro atoms. The molecular formula is C7H17N3S. The number of rotatable bonds is 3. The van der Waals surface area contributed by atoms with Gasteiger partial charge in [0, 0.05) is 6.54 Å². The van der Waals surface area contributed by atoms with Crippen LogP contribution in [-0.4, -0.2) is 11.7 Å². The Morgan fingerprint density at radius 2 is 2.09 bits per heavy atom. The fraction of sp³-hybridized carbons (Fsp3) is 0.857. The lowest BCUT2D eigenvalue weighted by Gasteiger charge is -2.23. The zero-order valence-electron chi connectivity index (χ0n) is 7.40. The highest BCUT2D eigenvalue weighted by atomic mass is 32.1. The molecule has 3 nitrogen and oxygen atoms in total. The number of thiocarbonyl (C=S) groups is 1. The zero-order valence-corrected chi connectivity index (χ0v) is 8.22. The van der Waals surface area contributed by atoms with Crippen molar-refractivity contribution in [1.29, 1.82) is 0 Å². The summed E-state index contributed by atoms with van der Waals surface area (Å²) in [5.41, 5.74) is 2.66. The van der Waals surface area contributed by atoms with E-state index >= 15 is 0 Å². The minimum absolute atomic E-state index is 0.279. The van der Waals surface area contributed by atoms with Crippen LogP contribution in [0.5, 0.6) is 0 Å². The standard InChI is InChI=1S/C7H17N3S/c1-4-7(2,3)5-9-6(11)10-8/h4-5,8H2,1-3H3,(H2,9,10,11). The second-order valence-corrected chi connectivity index (χ2v) is 3.75. The van der Waals surface area contributed by atoms with Gasteiger partial charge in [0.1, 0.15) is 0 Å². The van der Waals surface area contributed by atoms with Gasteiger partial charge in [0.15, 0.2) is 5.11 Å². The SMILES string of the molecule is CCC(C)(C)CNC(=S)NN. The second kappa shape index (κ2) is 4.51. The van der Waals surface area contributed by atoms with E-state index in [-0.39, 0.29) is 5.41 Å². The molecular weight excluding hydrogens is 158 g/mol. The lowest BCUT2D eigenvalue weighted by molar-refractivity contribution is 0.349. The molecule has 0 heterocycles. The van der Waals surface area contributed by atoms with E-state index in [0.717, 1.165) is 13.0 Å². The van der Waals surface area contributed by atoms with Crippen molar-refractivity contribution in [2.24, 2.45) is 11.3 Å². The van der Waals surface area contributed by atoms with E-state index in [0.29, 0.717) is 5.11 Å². The molecule has 0 aliphatic heterocycles. The van der Waals surface area contributed by atoms with Gasteiger partial charge in [-0.05, 0) is 24.1 Å². The molecule has 0 aromatic rings. The molecule has 0 atom stereocenters. The van der Waals surface area contributed by atoms with Crippen LogP contribution < -0.4 is 16.6 Å². The first-order valence-corrected chi connectivity index (χ1v) is 4.17. The first-order chi connectivity index (χ1) is 5.02. The van der Waals surface area contributed by atoms with E-state index in [4.69, 9.17) is 18.1 Å². The van der Waals surface area contributed by atoms with E-state index in [1.807, 2.05) is 0 Å². The highest BCUT2D eigenvalue weighted by molar-refractivity contribution is 7.80. The molecule has 0 fully saturated rings. The Balaban J connectivity index is 3.61. The molecule has 0 saturated heterocycles. The Hall–Kier alpha value is -0.350. The fourth-order valence-corrected chi connectivity index (χ4v) is 0.568. The molecule has 0 aromatic heterocycles. The molecule has 4 heteroatoms. The first-order valence-electron chi connectivity index (χ1n) is 3.76.